The van der Waals surface area contributed by atoms with Crippen LogP contribution in [0.3, 0.4) is 0 Å². The van der Waals surface area contributed by atoms with Gasteiger partial charge in [0.1, 0.15) is 11.9 Å². The number of ether oxygens (including phenoxy) is 1. The van der Waals surface area contributed by atoms with Gasteiger partial charge in [-0.05, 0) is 37.2 Å². The maximum absolute atomic E-state index is 13.3. The summed E-state index contributed by atoms with van der Waals surface area (Å²) < 4.78 is 46.6. The Hall–Kier alpha value is -1.73. The van der Waals surface area contributed by atoms with Crippen LogP contribution in [0.15, 0.2) is 46.9 Å². The molecular weight excluding hydrogens is 409 g/mol. The zero-order valence-corrected chi connectivity index (χ0v) is 15.9. The van der Waals surface area contributed by atoms with E-state index in [-0.39, 0.29) is 11.9 Å². The molecule has 3 rings (SSSR count). The molecule has 3 nitrogen and oxygen atoms in total. The summed E-state index contributed by atoms with van der Waals surface area (Å²) in [5, 5.41) is 3.17. The van der Waals surface area contributed by atoms with Crippen LogP contribution in [0.1, 0.15) is 17.5 Å². The van der Waals surface area contributed by atoms with Crippen molar-refractivity contribution in [3.05, 3.63) is 58.1 Å². The van der Waals surface area contributed by atoms with E-state index >= 15 is 0 Å². The molecule has 0 unspecified atom stereocenters. The molecule has 1 aliphatic rings. The molecule has 1 fully saturated rings. The van der Waals surface area contributed by atoms with Gasteiger partial charge in [-0.25, -0.2) is 0 Å². The Bertz CT molecular complexity index is 767. The SMILES string of the molecule is CN1CC[C@@H](Oc2cc(NCc3ccccc3Br)ccc2C(F)(F)F)C1. The van der Waals surface area contributed by atoms with Gasteiger partial charge >= 0.3 is 6.18 Å². The molecule has 2 aromatic rings. The number of hydrogen-bond donors (Lipinski definition) is 1. The first-order chi connectivity index (χ1) is 12.3. The fourth-order valence-corrected chi connectivity index (χ4v) is 3.40. The van der Waals surface area contributed by atoms with E-state index in [1.807, 2.05) is 36.2 Å². The van der Waals surface area contributed by atoms with Crippen LogP contribution >= 0.6 is 15.9 Å². The Morgan fingerprint density at radius 1 is 1.23 bits per heavy atom. The van der Waals surface area contributed by atoms with E-state index in [4.69, 9.17) is 4.74 Å². The van der Waals surface area contributed by atoms with Crippen LogP contribution in [0.4, 0.5) is 18.9 Å². The minimum absolute atomic E-state index is 0.116. The van der Waals surface area contributed by atoms with Gasteiger partial charge in [0, 0.05) is 35.9 Å². The van der Waals surface area contributed by atoms with Crippen molar-refractivity contribution in [2.75, 3.05) is 25.5 Å². The number of benzene rings is 2. The lowest BCUT2D eigenvalue weighted by Gasteiger charge is -2.19. The molecule has 26 heavy (non-hydrogen) atoms. The van der Waals surface area contributed by atoms with Crippen molar-refractivity contribution in [3.8, 4) is 5.75 Å². The minimum atomic E-state index is -4.44. The molecule has 1 saturated heterocycles. The van der Waals surface area contributed by atoms with Crippen LogP contribution in [-0.2, 0) is 12.7 Å². The summed E-state index contributed by atoms with van der Waals surface area (Å²) in [4.78, 5) is 2.05. The van der Waals surface area contributed by atoms with E-state index in [0.717, 1.165) is 29.1 Å². The fourth-order valence-electron chi connectivity index (χ4n) is 2.97. The van der Waals surface area contributed by atoms with Crippen LogP contribution < -0.4 is 10.1 Å². The van der Waals surface area contributed by atoms with Crippen molar-refractivity contribution in [3.63, 3.8) is 0 Å². The van der Waals surface area contributed by atoms with Gasteiger partial charge in [0.2, 0.25) is 0 Å². The standard InChI is InChI=1S/C19H20BrF3N2O/c1-25-9-8-15(12-25)26-18-10-14(6-7-16(18)19(21,22)23)24-11-13-4-2-3-5-17(13)20/h2-7,10,15,24H,8-9,11-12H2,1H3/t15-/m1/s1. The van der Waals surface area contributed by atoms with E-state index in [1.54, 1.807) is 0 Å². The molecule has 0 aromatic heterocycles. The quantitative estimate of drug-likeness (QED) is 0.711. The highest BCUT2D eigenvalue weighted by atomic mass is 79.9. The number of nitrogens with one attached hydrogen (secondary N) is 1. The van der Waals surface area contributed by atoms with Gasteiger partial charge in [-0.3, -0.25) is 0 Å². The Kier molecular flexibility index (Phi) is 5.77. The van der Waals surface area contributed by atoms with Crippen LogP contribution in [0.25, 0.3) is 0 Å². The maximum atomic E-state index is 13.3. The summed E-state index contributed by atoms with van der Waals surface area (Å²) in [7, 11) is 1.93. The zero-order chi connectivity index (χ0) is 18.7. The molecule has 0 amide bonds. The average molecular weight is 429 g/mol. The van der Waals surface area contributed by atoms with Gasteiger partial charge in [0.05, 0.1) is 5.56 Å². The summed E-state index contributed by atoms with van der Waals surface area (Å²) in [5.41, 5.74) is 0.876. The van der Waals surface area contributed by atoms with Crippen molar-refractivity contribution in [1.82, 2.24) is 4.90 Å². The second-order valence-corrected chi connectivity index (χ2v) is 7.30. The van der Waals surface area contributed by atoms with Crippen molar-refractivity contribution >= 4 is 21.6 Å². The largest absolute Gasteiger partial charge is 0.488 e. The molecule has 0 spiro atoms. The summed E-state index contributed by atoms with van der Waals surface area (Å²) in [6.45, 7) is 1.95. The third kappa shape index (κ3) is 4.71. The monoisotopic (exact) mass is 428 g/mol. The summed E-state index contributed by atoms with van der Waals surface area (Å²) in [6.07, 6.45) is -3.94. The van der Waals surface area contributed by atoms with Crippen LogP contribution in [-0.4, -0.2) is 31.1 Å². The fraction of sp³-hybridized carbons (Fsp3) is 0.368. The van der Waals surface area contributed by atoms with Crippen molar-refractivity contribution in [2.24, 2.45) is 0 Å². The second-order valence-electron chi connectivity index (χ2n) is 6.44. The predicted octanol–water partition coefficient (Wildman–Crippen LogP) is 5.16. The van der Waals surface area contributed by atoms with Gasteiger partial charge in [-0.2, -0.15) is 13.2 Å². The third-order valence-electron chi connectivity index (χ3n) is 4.37. The van der Waals surface area contributed by atoms with E-state index in [1.165, 1.54) is 12.1 Å². The molecular formula is C19H20BrF3N2O. The Morgan fingerprint density at radius 2 is 2.00 bits per heavy atom. The predicted molar refractivity (Wildman–Crippen MR) is 99.4 cm³/mol. The van der Waals surface area contributed by atoms with Gasteiger partial charge < -0.3 is 15.0 Å². The number of likely N-dealkylation sites (N-methyl/N-ethyl adjacent to an activating group) is 1. The minimum Gasteiger partial charge on any atom is -0.488 e. The molecule has 140 valence electrons. The molecule has 7 heteroatoms. The van der Waals surface area contributed by atoms with Gasteiger partial charge in [-0.15, -0.1) is 0 Å². The van der Waals surface area contributed by atoms with Gasteiger partial charge in [0.25, 0.3) is 0 Å². The smallest absolute Gasteiger partial charge is 0.419 e. The van der Waals surface area contributed by atoms with E-state index in [0.29, 0.717) is 18.8 Å². The normalized spacial score (nSPS) is 18.1. The first-order valence-electron chi connectivity index (χ1n) is 8.36. The first-order valence-corrected chi connectivity index (χ1v) is 9.16. The average Bonchev–Trinajstić information content (AvgIpc) is 2.98. The second kappa shape index (κ2) is 7.88. The molecule has 0 bridgehead atoms. The Balaban J connectivity index is 1.78. The lowest BCUT2D eigenvalue weighted by molar-refractivity contribution is -0.139. The lowest BCUT2D eigenvalue weighted by Crippen LogP contribution is -2.23. The highest BCUT2D eigenvalue weighted by molar-refractivity contribution is 9.10. The molecule has 1 aliphatic heterocycles. The Labute approximate surface area is 159 Å². The molecule has 0 saturated carbocycles. The summed E-state index contributed by atoms with van der Waals surface area (Å²) in [5.74, 6) is -0.116. The van der Waals surface area contributed by atoms with Gasteiger partial charge in [-0.1, -0.05) is 34.1 Å². The number of rotatable bonds is 5. The molecule has 1 heterocycles. The lowest BCUT2D eigenvalue weighted by atomic mass is 10.1. The first kappa shape index (κ1) is 19.0. The van der Waals surface area contributed by atoms with Gasteiger partial charge in [0.15, 0.2) is 0 Å². The van der Waals surface area contributed by atoms with Crippen LogP contribution in [0, 0.1) is 0 Å². The summed E-state index contributed by atoms with van der Waals surface area (Å²) >= 11 is 3.47. The third-order valence-corrected chi connectivity index (χ3v) is 5.14. The molecule has 2 aromatic carbocycles. The van der Waals surface area contributed by atoms with Crippen molar-refractivity contribution in [1.29, 1.82) is 0 Å². The van der Waals surface area contributed by atoms with Crippen LogP contribution in [0.5, 0.6) is 5.75 Å². The number of halogens is 4. The van der Waals surface area contributed by atoms with Crippen LogP contribution in [0.2, 0.25) is 0 Å². The molecule has 0 radical (unpaired) electrons. The number of alkyl halides is 3. The Morgan fingerprint density at radius 3 is 2.65 bits per heavy atom. The number of nitrogens with zero attached hydrogens (tertiary/aromatic N) is 1. The zero-order valence-electron chi connectivity index (χ0n) is 14.3. The number of anilines is 1. The summed E-state index contributed by atoms with van der Waals surface area (Å²) in [6, 6.07) is 11.7. The van der Waals surface area contributed by atoms with E-state index < -0.39 is 11.7 Å². The highest BCUT2D eigenvalue weighted by Gasteiger charge is 2.35. The number of hydrogen-bond acceptors (Lipinski definition) is 3. The topological polar surface area (TPSA) is 24.5 Å². The molecule has 1 N–H and O–H groups in total. The highest BCUT2D eigenvalue weighted by Crippen LogP contribution is 2.38. The molecule has 1 atom stereocenters. The number of likely N-dealkylation sites (tertiary alicyclic amines) is 1. The maximum Gasteiger partial charge on any atom is 0.419 e. The van der Waals surface area contributed by atoms with E-state index in [9.17, 15) is 13.2 Å². The van der Waals surface area contributed by atoms with Crippen molar-refractivity contribution < 1.29 is 17.9 Å². The molecule has 0 aliphatic carbocycles. The van der Waals surface area contributed by atoms with E-state index in [2.05, 4.69) is 21.2 Å². The van der Waals surface area contributed by atoms with Crippen molar-refractivity contribution in [2.45, 2.75) is 25.2 Å².